The van der Waals surface area contributed by atoms with Crippen molar-refractivity contribution < 1.29 is 0 Å². The van der Waals surface area contributed by atoms with Gasteiger partial charge in [0.25, 0.3) is 0 Å². The number of aryl methyl sites for hydroxylation is 2. The van der Waals surface area contributed by atoms with Crippen molar-refractivity contribution >= 4 is 16.6 Å². The van der Waals surface area contributed by atoms with E-state index in [1.807, 2.05) is 0 Å². The van der Waals surface area contributed by atoms with Crippen LogP contribution in [0, 0.1) is 13.8 Å². The molecule has 2 N–H and O–H groups in total. The molecule has 0 aliphatic carbocycles. The number of pyridine rings is 1. The van der Waals surface area contributed by atoms with Gasteiger partial charge in [0.1, 0.15) is 0 Å². The third kappa shape index (κ3) is 6.46. The predicted octanol–water partition coefficient (Wildman–Crippen LogP) is 4.65. The Morgan fingerprint density at radius 2 is 1.70 bits per heavy atom. The first kappa shape index (κ1) is 24.4. The van der Waals surface area contributed by atoms with E-state index >= 15 is 0 Å². The quantitative estimate of drug-likeness (QED) is 0.515. The van der Waals surface area contributed by atoms with Crippen LogP contribution in [-0.2, 0) is 0 Å². The van der Waals surface area contributed by atoms with Crippen LogP contribution in [0.4, 0.5) is 5.69 Å². The molecule has 1 aromatic heterocycles. The van der Waals surface area contributed by atoms with Crippen LogP contribution < -0.4 is 15.5 Å². The van der Waals surface area contributed by atoms with E-state index in [0.717, 1.165) is 37.2 Å². The summed E-state index contributed by atoms with van der Waals surface area (Å²) in [6, 6.07) is 8.13. The molecule has 0 saturated carbocycles. The zero-order valence-electron chi connectivity index (χ0n) is 21.2. The fraction of sp³-hybridized carbons (Fsp3) is 0.679. The average Bonchev–Trinajstić information content (AvgIpc) is 2.84. The largest absolute Gasteiger partial charge is 0.371 e. The van der Waals surface area contributed by atoms with Crippen molar-refractivity contribution in [3.63, 3.8) is 0 Å². The molecule has 2 saturated heterocycles. The second kappa shape index (κ2) is 12.1. The van der Waals surface area contributed by atoms with E-state index in [-0.39, 0.29) is 0 Å². The predicted molar refractivity (Wildman–Crippen MR) is 141 cm³/mol. The zero-order valence-corrected chi connectivity index (χ0v) is 21.2. The number of aromatic nitrogens is 1. The molecule has 0 amide bonds. The van der Waals surface area contributed by atoms with E-state index in [0.29, 0.717) is 0 Å². The van der Waals surface area contributed by atoms with Crippen molar-refractivity contribution in [1.29, 1.82) is 0 Å². The number of anilines is 1. The highest BCUT2D eigenvalue weighted by Gasteiger charge is 2.29. The van der Waals surface area contributed by atoms with E-state index in [9.17, 15) is 0 Å². The lowest BCUT2D eigenvalue weighted by molar-refractivity contribution is 0.125. The Morgan fingerprint density at radius 3 is 2.45 bits per heavy atom. The maximum absolute atomic E-state index is 4.67. The van der Waals surface area contributed by atoms with Crippen LogP contribution in [0.3, 0.4) is 0 Å². The van der Waals surface area contributed by atoms with Gasteiger partial charge in [0.15, 0.2) is 0 Å². The van der Waals surface area contributed by atoms with Crippen molar-refractivity contribution in [2.24, 2.45) is 0 Å². The van der Waals surface area contributed by atoms with Crippen molar-refractivity contribution in [3.8, 4) is 0 Å². The summed E-state index contributed by atoms with van der Waals surface area (Å²) in [6.07, 6.45) is 11.0. The summed E-state index contributed by atoms with van der Waals surface area (Å²) in [6.45, 7) is 15.0. The smallest absolute Gasteiger partial charge is 0.0723 e. The molecule has 0 unspecified atom stereocenters. The highest BCUT2D eigenvalue weighted by atomic mass is 15.2. The van der Waals surface area contributed by atoms with Gasteiger partial charge < -0.3 is 20.4 Å². The molecule has 182 valence electrons. The molecule has 2 aliphatic heterocycles. The highest BCUT2D eigenvalue weighted by Crippen LogP contribution is 2.33. The molecule has 2 aliphatic rings. The third-order valence-electron chi connectivity index (χ3n) is 7.64. The first-order valence-electron chi connectivity index (χ1n) is 13.4. The molecule has 3 heterocycles. The van der Waals surface area contributed by atoms with Gasteiger partial charge in [0.2, 0.25) is 0 Å². The van der Waals surface area contributed by atoms with Crippen LogP contribution in [0.15, 0.2) is 24.4 Å². The van der Waals surface area contributed by atoms with E-state index in [2.05, 4.69) is 70.6 Å². The summed E-state index contributed by atoms with van der Waals surface area (Å²) in [4.78, 5) is 10.1. The highest BCUT2D eigenvalue weighted by molar-refractivity contribution is 5.93. The van der Waals surface area contributed by atoms with Gasteiger partial charge in [0, 0.05) is 36.8 Å². The van der Waals surface area contributed by atoms with Crippen molar-refractivity contribution in [1.82, 2.24) is 20.5 Å². The maximum Gasteiger partial charge on any atom is 0.0723 e. The zero-order chi connectivity index (χ0) is 23.0. The molecule has 5 nitrogen and oxygen atoms in total. The molecule has 2 aromatic rings. The Kier molecular flexibility index (Phi) is 8.99. The topological polar surface area (TPSA) is 43.4 Å². The number of nitrogens with one attached hydrogen (secondary N) is 2. The van der Waals surface area contributed by atoms with E-state index in [4.69, 9.17) is 0 Å². The minimum absolute atomic E-state index is 0.721. The number of nitrogens with zero attached hydrogens (tertiary/aromatic N) is 3. The van der Waals surface area contributed by atoms with Crippen LogP contribution in [0.5, 0.6) is 0 Å². The molecule has 0 radical (unpaired) electrons. The summed E-state index contributed by atoms with van der Waals surface area (Å²) in [5.74, 6) is 0. The number of piperidine rings is 2. The minimum atomic E-state index is 0.721. The number of unbranched alkanes of at least 4 members (excludes halogenated alkanes) is 1. The second-order valence-corrected chi connectivity index (χ2v) is 10.3. The van der Waals surface area contributed by atoms with Crippen molar-refractivity contribution in [3.05, 3.63) is 35.5 Å². The Balaban J connectivity index is 1.21. The first-order valence-corrected chi connectivity index (χ1v) is 13.4. The molecular weight excluding hydrogens is 406 g/mol. The summed E-state index contributed by atoms with van der Waals surface area (Å²) in [5, 5.41) is 8.65. The van der Waals surface area contributed by atoms with Crippen LogP contribution in [0.25, 0.3) is 10.9 Å². The molecule has 4 rings (SSSR count). The van der Waals surface area contributed by atoms with Gasteiger partial charge in [-0.05, 0) is 109 Å². The molecule has 33 heavy (non-hydrogen) atoms. The number of likely N-dealkylation sites (tertiary alicyclic amines) is 1. The fourth-order valence-corrected chi connectivity index (χ4v) is 5.72. The van der Waals surface area contributed by atoms with Crippen LogP contribution in [0.2, 0.25) is 0 Å². The average molecular weight is 452 g/mol. The summed E-state index contributed by atoms with van der Waals surface area (Å²) in [5.41, 5.74) is 5.15. The van der Waals surface area contributed by atoms with Crippen LogP contribution in [-0.4, -0.2) is 67.8 Å². The number of fused-ring (bicyclic) bond motifs is 1. The fourth-order valence-electron chi connectivity index (χ4n) is 5.72. The lowest BCUT2D eigenvalue weighted by atomic mass is 9.96. The maximum atomic E-state index is 4.67. The second-order valence-electron chi connectivity index (χ2n) is 10.3. The standard InChI is InChI=1S/C28H45N5/c1-4-13-29-14-5-6-15-30-24-9-16-32(17-10-24)25-11-18-33(19-12-25)28-23(3)21-31-27-8-7-22(2)20-26(27)28/h7-8,20-21,24-25,29-30H,4-6,9-19H2,1-3H3. The number of hydrogen-bond donors (Lipinski definition) is 2. The van der Waals surface area contributed by atoms with Gasteiger partial charge in [0.05, 0.1) is 11.2 Å². The lowest BCUT2D eigenvalue weighted by Crippen LogP contribution is -2.50. The summed E-state index contributed by atoms with van der Waals surface area (Å²) in [7, 11) is 0. The molecular formula is C28H45N5. The Bertz CT molecular complexity index is 861. The number of hydrogen-bond acceptors (Lipinski definition) is 5. The molecule has 1 aromatic carbocycles. The van der Waals surface area contributed by atoms with Crippen LogP contribution in [0.1, 0.15) is 63.0 Å². The minimum Gasteiger partial charge on any atom is -0.371 e. The van der Waals surface area contributed by atoms with Gasteiger partial charge in [-0.2, -0.15) is 0 Å². The van der Waals surface area contributed by atoms with Gasteiger partial charge in [-0.1, -0.05) is 18.6 Å². The van der Waals surface area contributed by atoms with Gasteiger partial charge in [-0.15, -0.1) is 0 Å². The number of benzene rings is 1. The Hall–Kier alpha value is -1.69. The normalized spacial score (nSPS) is 18.9. The van der Waals surface area contributed by atoms with Crippen molar-refractivity contribution in [2.75, 3.05) is 50.7 Å². The van der Waals surface area contributed by atoms with E-state index in [1.165, 1.54) is 93.3 Å². The van der Waals surface area contributed by atoms with Gasteiger partial charge in [-0.25, -0.2) is 0 Å². The molecule has 0 atom stereocenters. The van der Waals surface area contributed by atoms with Crippen LogP contribution >= 0.6 is 0 Å². The van der Waals surface area contributed by atoms with E-state index < -0.39 is 0 Å². The van der Waals surface area contributed by atoms with Gasteiger partial charge in [-0.3, -0.25) is 4.98 Å². The van der Waals surface area contributed by atoms with E-state index in [1.54, 1.807) is 0 Å². The molecule has 2 fully saturated rings. The first-order chi connectivity index (χ1) is 16.2. The van der Waals surface area contributed by atoms with Gasteiger partial charge >= 0.3 is 0 Å². The monoisotopic (exact) mass is 451 g/mol. The lowest BCUT2D eigenvalue weighted by Gasteiger charge is -2.43. The van der Waals surface area contributed by atoms with Crippen molar-refractivity contribution in [2.45, 2.75) is 77.8 Å². The Morgan fingerprint density at radius 1 is 0.939 bits per heavy atom. The summed E-state index contributed by atoms with van der Waals surface area (Å²) >= 11 is 0. The third-order valence-corrected chi connectivity index (χ3v) is 7.64. The Labute approximate surface area is 201 Å². The molecule has 5 heteroatoms. The molecule has 0 bridgehead atoms. The number of rotatable bonds is 10. The SMILES string of the molecule is CCCNCCCCNC1CCN(C2CCN(c3c(C)cnc4ccc(C)cc34)CC2)CC1. The molecule has 0 spiro atoms. The summed E-state index contributed by atoms with van der Waals surface area (Å²) < 4.78 is 0.